The number of para-hydroxylation sites is 2. The minimum Gasteiger partial charge on any atom is -0.354 e. The van der Waals surface area contributed by atoms with E-state index in [1.54, 1.807) is 16.3 Å². The monoisotopic (exact) mass is 439 g/mol. The summed E-state index contributed by atoms with van der Waals surface area (Å²) in [5, 5.41) is 10.0. The summed E-state index contributed by atoms with van der Waals surface area (Å²) in [4.78, 5) is 17.3. The predicted octanol–water partition coefficient (Wildman–Crippen LogP) is 4.70. The minimum absolute atomic E-state index is 0.0418. The van der Waals surface area contributed by atoms with Gasteiger partial charge in [-0.15, -0.1) is 0 Å². The summed E-state index contributed by atoms with van der Waals surface area (Å²) in [5.41, 5.74) is 2.45. The van der Waals surface area contributed by atoms with Crippen molar-refractivity contribution in [3.63, 3.8) is 0 Å². The number of rotatable bonds is 8. The van der Waals surface area contributed by atoms with Crippen LogP contribution in [0, 0.1) is 4.77 Å². The number of carbonyl (C=O) groups is 1. The largest absolute Gasteiger partial charge is 0.354 e. The molecule has 0 unspecified atom stereocenters. The van der Waals surface area contributed by atoms with Crippen molar-refractivity contribution in [1.29, 1.82) is 0 Å². The second-order valence-corrected chi connectivity index (χ2v) is 8.64. The molecule has 2 heterocycles. The normalized spacial score (nSPS) is 12.4. The van der Waals surface area contributed by atoms with Gasteiger partial charge in [-0.3, -0.25) is 14.5 Å². The zero-order valence-corrected chi connectivity index (χ0v) is 18.6. The van der Waals surface area contributed by atoms with E-state index in [4.69, 9.17) is 12.2 Å². The molecule has 3 aromatic rings. The summed E-state index contributed by atoms with van der Waals surface area (Å²) in [6.45, 7) is 3.73. The van der Waals surface area contributed by atoms with Gasteiger partial charge >= 0.3 is 0 Å². The zero-order valence-electron chi connectivity index (χ0n) is 16.9. The van der Waals surface area contributed by atoms with Crippen molar-refractivity contribution < 1.29 is 4.79 Å². The van der Waals surface area contributed by atoms with E-state index in [0.717, 1.165) is 31.6 Å². The Morgan fingerprint density at radius 2 is 1.80 bits per heavy atom. The summed E-state index contributed by atoms with van der Waals surface area (Å²) in [5.74, 6) is 0.788. The third-order valence-electron chi connectivity index (χ3n) is 5.03. The Hall–Kier alpha value is -2.58. The summed E-state index contributed by atoms with van der Waals surface area (Å²) < 4.78 is 2.27. The number of benzene rings is 2. The van der Waals surface area contributed by atoms with Crippen LogP contribution in [0.15, 0.2) is 58.3 Å². The summed E-state index contributed by atoms with van der Waals surface area (Å²) in [6, 6.07) is 16.9. The predicted molar refractivity (Wildman–Crippen MR) is 123 cm³/mol. The molecule has 1 amide bonds. The number of amides is 1. The first-order valence-corrected chi connectivity index (χ1v) is 11.4. The highest BCUT2D eigenvalue weighted by atomic mass is 32.2. The van der Waals surface area contributed by atoms with Crippen molar-refractivity contribution in [2.75, 3.05) is 18.0 Å². The number of fused-ring (bicyclic) bond motifs is 2. The van der Waals surface area contributed by atoms with E-state index in [2.05, 4.69) is 75.9 Å². The molecule has 1 aliphatic heterocycles. The van der Waals surface area contributed by atoms with E-state index in [1.165, 1.54) is 21.2 Å². The molecule has 0 saturated heterocycles. The fourth-order valence-electron chi connectivity index (χ4n) is 3.61. The van der Waals surface area contributed by atoms with Gasteiger partial charge in [-0.05, 0) is 49.3 Å². The molecule has 6 nitrogen and oxygen atoms in total. The van der Waals surface area contributed by atoms with E-state index in [1.807, 2.05) is 0 Å². The highest BCUT2D eigenvalue weighted by molar-refractivity contribution is 7.99. The van der Waals surface area contributed by atoms with E-state index in [9.17, 15) is 4.79 Å². The Morgan fingerprint density at radius 3 is 2.47 bits per heavy atom. The first kappa shape index (κ1) is 20.7. The molecule has 2 aromatic carbocycles. The van der Waals surface area contributed by atoms with Crippen LogP contribution < -0.4 is 10.2 Å². The maximum Gasteiger partial charge on any atom is 0.240 e. The van der Waals surface area contributed by atoms with E-state index in [0.29, 0.717) is 11.3 Å². The van der Waals surface area contributed by atoms with Crippen molar-refractivity contribution in [1.82, 2.24) is 20.1 Å². The summed E-state index contributed by atoms with van der Waals surface area (Å²) >= 11 is 7.06. The van der Waals surface area contributed by atoms with Gasteiger partial charge in [0.2, 0.25) is 5.91 Å². The molecule has 0 radical (unpaired) electrons. The lowest BCUT2D eigenvalue weighted by molar-refractivity contribution is -0.121. The number of carbonyl (C=O) groups excluding carboxylic acids is 1. The number of nitrogens with zero attached hydrogens (tertiary/aromatic N) is 3. The lowest BCUT2D eigenvalue weighted by Crippen LogP contribution is -2.31. The molecule has 0 fully saturated rings. The first-order chi connectivity index (χ1) is 14.7. The molecule has 156 valence electrons. The van der Waals surface area contributed by atoms with E-state index < -0.39 is 0 Å². The lowest BCUT2D eigenvalue weighted by atomic mass is 10.2. The zero-order chi connectivity index (χ0) is 20.9. The second kappa shape index (κ2) is 9.49. The van der Waals surface area contributed by atoms with Gasteiger partial charge in [0.25, 0.3) is 0 Å². The molecule has 0 bridgehead atoms. The molecule has 1 aromatic heterocycles. The molecule has 4 rings (SSSR count). The van der Waals surface area contributed by atoms with E-state index >= 15 is 0 Å². The number of aromatic amines is 1. The van der Waals surface area contributed by atoms with Crippen LogP contribution in [0.4, 0.5) is 11.4 Å². The van der Waals surface area contributed by atoms with Crippen LogP contribution in [0.1, 0.15) is 25.6 Å². The number of nitrogens with one attached hydrogen (secondary N) is 2. The van der Waals surface area contributed by atoms with Crippen LogP contribution in [-0.2, 0) is 17.8 Å². The Balaban J connectivity index is 1.36. The van der Waals surface area contributed by atoms with Gasteiger partial charge in [-0.25, -0.2) is 0 Å². The third-order valence-corrected chi connectivity index (χ3v) is 6.47. The van der Waals surface area contributed by atoms with Crippen molar-refractivity contribution >= 4 is 41.3 Å². The van der Waals surface area contributed by atoms with Crippen molar-refractivity contribution in [2.24, 2.45) is 0 Å². The third kappa shape index (κ3) is 4.44. The molecular formula is C22H25N5OS2. The smallest absolute Gasteiger partial charge is 0.240 e. The first-order valence-electron chi connectivity index (χ1n) is 10.2. The van der Waals surface area contributed by atoms with Crippen LogP contribution in [0.5, 0.6) is 0 Å². The van der Waals surface area contributed by atoms with E-state index in [-0.39, 0.29) is 12.5 Å². The van der Waals surface area contributed by atoms with Gasteiger partial charge < -0.3 is 10.2 Å². The van der Waals surface area contributed by atoms with Crippen molar-refractivity contribution in [3.05, 3.63) is 59.1 Å². The molecule has 1 aliphatic rings. The maximum absolute atomic E-state index is 12.4. The highest BCUT2D eigenvalue weighted by Crippen LogP contribution is 2.47. The number of hydrogen-bond donors (Lipinski definition) is 2. The Kier molecular flexibility index (Phi) is 6.54. The van der Waals surface area contributed by atoms with Crippen molar-refractivity contribution in [3.8, 4) is 0 Å². The molecule has 0 aliphatic carbocycles. The Morgan fingerprint density at radius 1 is 1.13 bits per heavy atom. The molecule has 0 spiro atoms. The highest BCUT2D eigenvalue weighted by Gasteiger charge is 2.22. The fourth-order valence-corrected chi connectivity index (χ4v) is 4.93. The van der Waals surface area contributed by atoms with Gasteiger partial charge in [0.15, 0.2) is 4.77 Å². The maximum atomic E-state index is 12.4. The van der Waals surface area contributed by atoms with Crippen molar-refractivity contribution in [2.45, 2.75) is 42.5 Å². The fraction of sp³-hybridized carbons (Fsp3) is 0.318. The molecule has 30 heavy (non-hydrogen) atoms. The average Bonchev–Trinajstić information content (AvgIpc) is 3.10. The van der Waals surface area contributed by atoms with Gasteiger partial charge in [0, 0.05) is 29.3 Å². The van der Waals surface area contributed by atoms with Gasteiger partial charge in [0.1, 0.15) is 12.4 Å². The minimum atomic E-state index is -0.0418. The van der Waals surface area contributed by atoms with Gasteiger partial charge in [-0.2, -0.15) is 5.10 Å². The summed E-state index contributed by atoms with van der Waals surface area (Å²) in [7, 11) is 0. The number of anilines is 2. The Bertz CT molecular complexity index is 1050. The molecule has 0 atom stereocenters. The van der Waals surface area contributed by atoms with Crippen LogP contribution >= 0.6 is 24.0 Å². The standard InChI is InChI=1S/C22H25N5OS2/c1-2-8-20-24-25-22(29)27(20)15-21(28)23-13-7-14-26-16-9-3-5-11-18(16)30-19-12-6-4-10-17(19)26/h3-6,9-12H,2,7-8,13-15H2,1H3,(H,23,28)(H,25,29). The topological polar surface area (TPSA) is 66.0 Å². The van der Waals surface area contributed by atoms with Crippen LogP contribution in [0.3, 0.4) is 0 Å². The number of H-pyrrole nitrogens is 1. The lowest BCUT2D eigenvalue weighted by Gasteiger charge is -2.32. The SMILES string of the molecule is CCCc1n[nH]c(=S)n1CC(=O)NCCCN1c2ccccc2Sc2ccccc21. The molecule has 0 saturated carbocycles. The quantitative estimate of drug-likeness (QED) is 0.393. The average molecular weight is 440 g/mol. The van der Waals surface area contributed by atoms with Crippen LogP contribution in [0.2, 0.25) is 0 Å². The van der Waals surface area contributed by atoms with Crippen LogP contribution in [-0.4, -0.2) is 33.8 Å². The number of hydrogen-bond acceptors (Lipinski definition) is 5. The van der Waals surface area contributed by atoms with Crippen LogP contribution in [0.25, 0.3) is 0 Å². The number of aryl methyl sites for hydroxylation is 1. The summed E-state index contributed by atoms with van der Waals surface area (Å²) in [6.07, 6.45) is 2.60. The molecular weight excluding hydrogens is 414 g/mol. The number of aromatic nitrogens is 3. The molecule has 8 heteroatoms. The molecule has 2 N–H and O–H groups in total. The van der Waals surface area contributed by atoms with Gasteiger partial charge in [-0.1, -0.05) is 43.0 Å². The van der Waals surface area contributed by atoms with Gasteiger partial charge in [0.05, 0.1) is 11.4 Å². The second-order valence-electron chi connectivity index (χ2n) is 7.17. The Labute approximate surface area is 185 Å².